The highest BCUT2D eigenvalue weighted by Crippen LogP contribution is 2.36. The lowest BCUT2D eigenvalue weighted by Gasteiger charge is -2.06. The van der Waals surface area contributed by atoms with Gasteiger partial charge in [-0.2, -0.15) is 0 Å². The Labute approximate surface area is 160 Å². The molecule has 3 rings (SSSR count). The van der Waals surface area contributed by atoms with Gasteiger partial charge < -0.3 is 14.2 Å². The highest BCUT2D eigenvalue weighted by molar-refractivity contribution is 6.37. The van der Waals surface area contributed by atoms with E-state index in [0.717, 1.165) is 0 Å². The zero-order chi connectivity index (χ0) is 18.7. The Bertz CT molecular complexity index is 885. The van der Waals surface area contributed by atoms with Crippen LogP contribution in [-0.4, -0.2) is 25.0 Å². The average Bonchev–Trinajstić information content (AvgIpc) is 2.92. The molecule has 0 fully saturated rings. The number of hydrogen-bond acceptors (Lipinski definition) is 5. The van der Waals surface area contributed by atoms with Crippen molar-refractivity contribution in [2.45, 2.75) is 6.92 Å². The lowest BCUT2D eigenvalue weighted by Crippen LogP contribution is -2.14. The van der Waals surface area contributed by atoms with E-state index in [1.165, 1.54) is 6.08 Å². The van der Waals surface area contributed by atoms with E-state index in [-0.39, 0.29) is 24.8 Å². The third kappa shape index (κ3) is 3.84. The zero-order valence-electron chi connectivity index (χ0n) is 13.8. The van der Waals surface area contributed by atoms with E-state index in [0.29, 0.717) is 32.7 Å². The fourth-order valence-electron chi connectivity index (χ4n) is 2.38. The molecule has 0 atom stereocenters. The van der Waals surface area contributed by atoms with E-state index in [9.17, 15) is 9.59 Å². The molecule has 26 heavy (non-hydrogen) atoms. The van der Waals surface area contributed by atoms with Crippen molar-refractivity contribution in [2.75, 3.05) is 13.2 Å². The smallest absolute Gasteiger partial charge is 0.344 e. The predicted octanol–water partition coefficient (Wildman–Crippen LogP) is 4.55. The van der Waals surface area contributed by atoms with Crippen LogP contribution < -0.4 is 9.47 Å². The number of halogens is 2. The van der Waals surface area contributed by atoms with Crippen LogP contribution in [0.25, 0.3) is 6.08 Å². The first-order valence-electron chi connectivity index (χ1n) is 7.80. The largest absolute Gasteiger partial charge is 0.482 e. The maximum absolute atomic E-state index is 12.5. The van der Waals surface area contributed by atoms with Crippen molar-refractivity contribution in [1.29, 1.82) is 0 Å². The van der Waals surface area contributed by atoms with E-state index < -0.39 is 5.97 Å². The second-order valence-corrected chi connectivity index (χ2v) is 6.14. The number of ether oxygens (including phenoxy) is 3. The fraction of sp³-hybridized carbons (Fsp3) is 0.158. The van der Waals surface area contributed by atoms with Crippen molar-refractivity contribution < 1.29 is 23.8 Å². The number of carbonyl (C=O) groups excluding carboxylic acids is 2. The van der Waals surface area contributed by atoms with Crippen molar-refractivity contribution in [2.24, 2.45) is 0 Å². The lowest BCUT2D eigenvalue weighted by atomic mass is 10.1. The van der Waals surface area contributed by atoms with Crippen LogP contribution >= 0.6 is 23.2 Å². The minimum absolute atomic E-state index is 0.109. The number of carbonyl (C=O) groups is 2. The van der Waals surface area contributed by atoms with Gasteiger partial charge in [0.15, 0.2) is 12.4 Å². The van der Waals surface area contributed by atoms with Crippen LogP contribution in [0.15, 0.2) is 42.2 Å². The maximum Gasteiger partial charge on any atom is 0.344 e. The van der Waals surface area contributed by atoms with Crippen LogP contribution in [-0.2, 0) is 9.53 Å². The Morgan fingerprint density at radius 3 is 2.62 bits per heavy atom. The Morgan fingerprint density at radius 1 is 1.19 bits per heavy atom. The molecule has 0 amide bonds. The second kappa shape index (κ2) is 7.81. The Morgan fingerprint density at radius 2 is 1.92 bits per heavy atom. The molecule has 0 radical (unpaired) electrons. The molecule has 2 aromatic rings. The molecule has 0 bridgehead atoms. The van der Waals surface area contributed by atoms with Gasteiger partial charge in [-0.15, -0.1) is 0 Å². The van der Waals surface area contributed by atoms with Crippen LogP contribution in [0.3, 0.4) is 0 Å². The van der Waals surface area contributed by atoms with Crippen LogP contribution in [0.2, 0.25) is 10.0 Å². The van der Waals surface area contributed by atoms with Crippen LogP contribution in [0, 0.1) is 0 Å². The average molecular weight is 393 g/mol. The van der Waals surface area contributed by atoms with Crippen molar-refractivity contribution in [1.82, 2.24) is 0 Å². The molecule has 7 heteroatoms. The SMILES string of the molecule is CCOC(=O)COc1ccc2c(c1)O/C(=C\c1c(Cl)cccc1Cl)C2=O. The number of fused-ring (bicyclic) bond motifs is 1. The Kier molecular flexibility index (Phi) is 5.49. The Hall–Kier alpha value is -2.50. The maximum atomic E-state index is 12.5. The number of esters is 1. The van der Waals surface area contributed by atoms with Crippen molar-refractivity contribution in [3.63, 3.8) is 0 Å². The summed E-state index contributed by atoms with van der Waals surface area (Å²) in [6.07, 6.45) is 1.51. The van der Waals surface area contributed by atoms with Gasteiger partial charge in [0.05, 0.1) is 12.2 Å². The summed E-state index contributed by atoms with van der Waals surface area (Å²) in [7, 11) is 0. The van der Waals surface area contributed by atoms with Gasteiger partial charge in [0.2, 0.25) is 5.78 Å². The van der Waals surface area contributed by atoms with Gasteiger partial charge >= 0.3 is 5.97 Å². The van der Waals surface area contributed by atoms with E-state index in [1.807, 2.05) is 0 Å². The summed E-state index contributed by atoms with van der Waals surface area (Å²) in [4.78, 5) is 23.8. The first-order valence-corrected chi connectivity index (χ1v) is 8.56. The molecule has 1 aliphatic rings. The second-order valence-electron chi connectivity index (χ2n) is 5.33. The van der Waals surface area contributed by atoms with Gasteiger partial charge in [-0.05, 0) is 37.3 Å². The molecule has 0 aliphatic carbocycles. The van der Waals surface area contributed by atoms with Crippen LogP contribution in [0.1, 0.15) is 22.8 Å². The first-order chi connectivity index (χ1) is 12.5. The summed E-state index contributed by atoms with van der Waals surface area (Å²) in [5, 5.41) is 0.826. The Balaban J connectivity index is 1.81. The summed E-state index contributed by atoms with van der Waals surface area (Å²) in [6, 6.07) is 9.77. The molecule has 0 unspecified atom stereocenters. The third-order valence-corrected chi connectivity index (χ3v) is 4.24. The molecule has 5 nitrogen and oxygen atoms in total. The molecule has 0 N–H and O–H groups in total. The van der Waals surface area contributed by atoms with Gasteiger partial charge in [0.1, 0.15) is 11.5 Å². The third-order valence-electron chi connectivity index (χ3n) is 3.58. The molecule has 1 heterocycles. The summed E-state index contributed by atoms with van der Waals surface area (Å²) < 4.78 is 15.8. The molecular formula is C19H14Cl2O5. The molecule has 0 spiro atoms. The monoisotopic (exact) mass is 392 g/mol. The van der Waals surface area contributed by atoms with Crippen LogP contribution in [0.4, 0.5) is 0 Å². The summed E-state index contributed by atoms with van der Waals surface area (Å²) >= 11 is 12.3. The van der Waals surface area contributed by atoms with E-state index in [4.69, 9.17) is 37.4 Å². The number of allylic oxidation sites excluding steroid dienone is 1. The van der Waals surface area contributed by atoms with Gasteiger partial charge in [-0.3, -0.25) is 4.79 Å². The van der Waals surface area contributed by atoms with Gasteiger partial charge in [-0.1, -0.05) is 29.3 Å². The van der Waals surface area contributed by atoms with Crippen LogP contribution in [0.5, 0.6) is 11.5 Å². The lowest BCUT2D eigenvalue weighted by molar-refractivity contribution is -0.145. The van der Waals surface area contributed by atoms with Crippen molar-refractivity contribution in [3.05, 3.63) is 63.3 Å². The molecule has 0 saturated heterocycles. The number of rotatable bonds is 5. The van der Waals surface area contributed by atoms with E-state index in [2.05, 4.69) is 0 Å². The molecule has 2 aromatic carbocycles. The topological polar surface area (TPSA) is 61.8 Å². The van der Waals surface area contributed by atoms with Crippen molar-refractivity contribution in [3.8, 4) is 11.5 Å². The first kappa shape index (κ1) is 18.3. The van der Waals surface area contributed by atoms with Crippen molar-refractivity contribution >= 4 is 41.0 Å². The molecule has 134 valence electrons. The van der Waals surface area contributed by atoms with E-state index >= 15 is 0 Å². The summed E-state index contributed by atoms with van der Waals surface area (Å²) in [5.41, 5.74) is 0.897. The standard InChI is InChI=1S/C19H14Cl2O5/c1-2-24-18(22)10-25-11-6-7-12-16(8-11)26-17(19(12)23)9-13-14(20)4-3-5-15(13)21/h3-9H,2,10H2,1H3/b17-9-. The molecule has 1 aliphatic heterocycles. The predicted molar refractivity (Wildman–Crippen MR) is 98.0 cm³/mol. The quantitative estimate of drug-likeness (QED) is 0.551. The highest BCUT2D eigenvalue weighted by Gasteiger charge is 2.28. The zero-order valence-corrected chi connectivity index (χ0v) is 15.3. The fourth-order valence-corrected chi connectivity index (χ4v) is 2.89. The van der Waals surface area contributed by atoms with Gasteiger partial charge in [0.25, 0.3) is 0 Å². The highest BCUT2D eigenvalue weighted by atomic mass is 35.5. The molecule has 0 saturated carbocycles. The number of Topliss-reactive ketones (excluding diaryl/α,β-unsaturated/α-hetero) is 1. The van der Waals surface area contributed by atoms with Gasteiger partial charge in [0, 0.05) is 21.7 Å². The summed E-state index contributed by atoms with van der Waals surface area (Å²) in [6.45, 7) is 1.77. The molecular weight excluding hydrogens is 379 g/mol. The minimum atomic E-state index is -0.473. The molecule has 0 aromatic heterocycles. The van der Waals surface area contributed by atoms with E-state index in [1.54, 1.807) is 43.3 Å². The number of benzene rings is 2. The number of ketones is 1. The minimum Gasteiger partial charge on any atom is -0.482 e. The van der Waals surface area contributed by atoms with Gasteiger partial charge in [-0.25, -0.2) is 4.79 Å². The number of hydrogen-bond donors (Lipinski definition) is 0. The normalized spacial score (nSPS) is 14.1. The summed E-state index contributed by atoms with van der Waals surface area (Å²) in [5.74, 6) is 0.0804.